The van der Waals surface area contributed by atoms with Gasteiger partial charge in [0.2, 0.25) is 0 Å². The Morgan fingerprint density at radius 3 is 3.25 bits per heavy atom. The van der Waals surface area contributed by atoms with E-state index < -0.39 is 6.09 Å². The van der Waals surface area contributed by atoms with Crippen LogP contribution in [0, 0.1) is 0 Å². The average Bonchev–Trinajstić information content (AvgIpc) is 2.72. The number of allylic oxidation sites excluding steroid dienone is 1. The summed E-state index contributed by atoms with van der Waals surface area (Å²) in [5, 5.41) is 11.5. The second kappa shape index (κ2) is 5.36. The summed E-state index contributed by atoms with van der Waals surface area (Å²) in [6.07, 6.45) is 8.58. The summed E-state index contributed by atoms with van der Waals surface area (Å²) in [5.74, 6) is 0. The normalized spacial score (nSPS) is 19.4. The van der Waals surface area contributed by atoms with Crippen LogP contribution < -0.4 is 5.32 Å². The van der Waals surface area contributed by atoms with Crippen LogP contribution in [0.1, 0.15) is 31.2 Å². The van der Waals surface area contributed by atoms with Crippen LogP contribution >= 0.6 is 0 Å². The van der Waals surface area contributed by atoms with E-state index in [9.17, 15) is 4.79 Å². The van der Waals surface area contributed by atoms with Crippen LogP contribution in [-0.2, 0) is 0 Å². The predicted molar refractivity (Wildman–Crippen MR) is 77.5 cm³/mol. The van der Waals surface area contributed by atoms with E-state index >= 15 is 0 Å². The van der Waals surface area contributed by atoms with Crippen molar-refractivity contribution in [1.82, 2.24) is 15.3 Å². The molecule has 5 nitrogen and oxygen atoms in total. The molecule has 20 heavy (non-hydrogen) atoms. The van der Waals surface area contributed by atoms with Crippen LogP contribution in [0.5, 0.6) is 0 Å². The summed E-state index contributed by atoms with van der Waals surface area (Å²) in [6, 6.07) is 3.88. The molecule has 5 heteroatoms. The van der Waals surface area contributed by atoms with E-state index in [1.807, 2.05) is 18.3 Å². The fraction of sp³-hybridized carbons (Fsp3) is 0.333. The van der Waals surface area contributed by atoms with E-state index in [2.05, 4.69) is 21.4 Å². The number of fused-ring (bicyclic) bond motifs is 1. The Hall–Kier alpha value is -2.30. The minimum Gasteiger partial charge on any atom is -0.465 e. The van der Waals surface area contributed by atoms with Crippen molar-refractivity contribution >= 4 is 22.7 Å². The monoisotopic (exact) mass is 271 g/mol. The molecular formula is C15H17N3O2. The fourth-order valence-electron chi connectivity index (χ4n) is 2.81. The zero-order valence-electron chi connectivity index (χ0n) is 11.1. The summed E-state index contributed by atoms with van der Waals surface area (Å²) < 4.78 is 0. The molecule has 0 aromatic carbocycles. The predicted octanol–water partition coefficient (Wildman–Crippen LogP) is 3.16. The molecule has 3 N–H and O–H groups in total. The molecule has 1 amide bonds. The Morgan fingerprint density at radius 2 is 2.40 bits per heavy atom. The molecule has 2 aromatic heterocycles. The van der Waals surface area contributed by atoms with Gasteiger partial charge >= 0.3 is 6.09 Å². The third-order valence-electron chi connectivity index (χ3n) is 3.72. The Morgan fingerprint density at radius 1 is 1.50 bits per heavy atom. The summed E-state index contributed by atoms with van der Waals surface area (Å²) >= 11 is 0. The molecule has 2 aromatic rings. The SMILES string of the molecule is O=C(O)NC1CCCC=C(c2c[nH]c3cccnc23)C1. The third-order valence-corrected chi connectivity index (χ3v) is 3.72. The Kier molecular flexibility index (Phi) is 3.41. The smallest absolute Gasteiger partial charge is 0.404 e. The van der Waals surface area contributed by atoms with Crippen molar-refractivity contribution < 1.29 is 9.90 Å². The highest BCUT2D eigenvalue weighted by Crippen LogP contribution is 2.30. The summed E-state index contributed by atoms with van der Waals surface area (Å²) in [6.45, 7) is 0. The number of nitrogens with zero attached hydrogens (tertiary/aromatic N) is 1. The van der Waals surface area contributed by atoms with Crippen molar-refractivity contribution in [3.8, 4) is 0 Å². The number of carboxylic acid groups (broad SMARTS) is 1. The van der Waals surface area contributed by atoms with E-state index in [4.69, 9.17) is 5.11 Å². The number of hydrogen-bond acceptors (Lipinski definition) is 2. The molecule has 0 bridgehead atoms. The number of carbonyl (C=O) groups is 1. The molecular weight excluding hydrogens is 254 g/mol. The molecule has 0 saturated heterocycles. The number of aromatic nitrogens is 2. The van der Waals surface area contributed by atoms with Crippen molar-refractivity contribution in [1.29, 1.82) is 0 Å². The Balaban J connectivity index is 1.91. The van der Waals surface area contributed by atoms with Crippen LogP contribution in [-0.4, -0.2) is 27.2 Å². The van der Waals surface area contributed by atoms with Crippen molar-refractivity contribution in [2.75, 3.05) is 0 Å². The maximum Gasteiger partial charge on any atom is 0.404 e. The molecule has 1 aliphatic carbocycles. The van der Waals surface area contributed by atoms with E-state index in [1.165, 1.54) is 5.57 Å². The molecule has 0 aliphatic heterocycles. The highest BCUT2D eigenvalue weighted by molar-refractivity contribution is 5.89. The number of nitrogens with one attached hydrogen (secondary N) is 2. The Bertz CT molecular complexity index is 660. The van der Waals surface area contributed by atoms with E-state index in [0.29, 0.717) is 0 Å². The second-order valence-electron chi connectivity index (χ2n) is 5.11. The van der Waals surface area contributed by atoms with E-state index in [0.717, 1.165) is 42.3 Å². The van der Waals surface area contributed by atoms with E-state index in [-0.39, 0.29) is 6.04 Å². The van der Waals surface area contributed by atoms with Gasteiger partial charge < -0.3 is 15.4 Å². The lowest BCUT2D eigenvalue weighted by atomic mass is 10.00. The minimum absolute atomic E-state index is 0.0186. The molecule has 1 unspecified atom stereocenters. The zero-order chi connectivity index (χ0) is 13.9. The molecule has 3 rings (SSSR count). The summed E-state index contributed by atoms with van der Waals surface area (Å²) in [4.78, 5) is 18.5. The number of pyridine rings is 1. The molecule has 0 saturated carbocycles. The highest BCUT2D eigenvalue weighted by Gasteiger charge is 2.19. The van der Waals surface area contributed by atoms with Gasteiger partial charge in [0.15, 0.2) is 0 Å². The number of aromatic amines is 1. The second-order valence-corrected chi connectivity index (χ2v) is 5.11. The first-order valence-corrected chi connectivity index (χ1v) is 6.85. The number of rotatable bonds is 2. The number of amides is 1. The topological polar surface area (TPSA) is 78.0 Å². The average molecular weight is 271 g/mol. The fourth-order valence-corrected chi connectivity index (χ4v) is 2.81. The van der Waals surface area contributed by atoms with Gasteiger partial charge in [-0.15, -0.1) is 0 Å². The van der Waals surface area contributed by atoms with E-state index in [1.54, 1.807) is 6.20 Å². The first kappa shape index (κ1) is 12.7. The quantitative estimate of drug-likeness (QED) is 0.785. The molecule has 0 spiro atoms. The summed E-state index contributed by atoms with van der Waals surface area (Å²) in [7, 11) is 0. The molecule has 1 aliphatic rings. The van der Waals surface area contributed by atoms with Crippen molar-refractivity contribution in [2.45, 2.75) is 31.7 Å². The Labute approximate surface area is 116 Å². The van der Waals surface area contributed by atoms with Gasteiger partial charge in [0.05, 0.1) is 11.0 Å². The lowest BCUT2D eigenvalue weighted by molar-refractivity contribution is 0.189. The highest BCUT2D eigenvalue weighted by atomic mass is 16.4. The van der Waals surface area contributed by atoms with Crippen molar-refractivity contribution in [3.05, 3.63) is 36.2 Å². The van der Waals surface area contributed by atoms with Gasteiger partial charge in [0, 0.05) is 24.0 Å². The third kappa shape index (κ3) is 2.52. The van der Waals surface area contributed by atoms with Crippen LogP contribution in [0.25, 0.3) is 16.6 Å². The number of hydrogen-bond donors (Lipinski definition) is 3. The van der Waals surface area contributed by atoms with Crippen LogP contribution in [0.15, 0.2) is 30.6 Å². The standard InChI is InChI=1S/C15H17N3O2/c19-15(20)18-11-5-2-1-4-10(8-11)12-9-17-13-6-3-7-16-14(12)13/h3-4,6-7,9,11,17-18H,1-2,5,8H2,(H,19,20). The summed E-state index contributed by atoms with van der Waals surface area (Å²) in [5.41, 5.74) is 4.22. The number of H-pyrrole nitrogens is 1. The van der Waals surface area contributed by atoms with Gasteiger partial charge in [-0.3, -0.25) is 4.98 Å². The van der Waals surface area contributed by atoms with Crippen molar-refractivity contribution in [2.24, 2.45) is 0 Å². The molecule has 0 fully saturated rings. The first-order valence-electron chi connectivity index (χ1n) is 6.85. The van der Waals surface area contributed by atoms with Gasteiger partial charge in [0.1, 0.15) is 0 Å². The molecule has 2 heterocycles. The minimum atomic E-state index is -0.951. The van der Waals surface area contributed by atoms with Gasteiger partial charge in [-0.25, -0.2) is 4.79 Å². The van der Waals surface area contributed by atoms with Crippen molar-refractivity contribution in [3.63, 3.8) is 0 Å². The van der Waals surface area contributed by atoms with Gasteiger partial charge in [-0.2, -0.15) is 0 Å². The first-order chi connectivity index (χ1) is 9.74. The molecule has 0 radical (unpaired) electrons. The van der Waals surface area contributed by atoms with Gasteiger partial charge in [-0.05, 0) is 43.4 Å². The van der Waals surface area contributed by atoms with Crippen LogP contribution in [0.4, 0.5) is 4.79 Å². The largest absolute Gasteiger partial charge is 0.465 e. The molecule has 104 valence electrons. The van der Waals surface area contributed by atoms with Gasteiger partial charge in [-0.1, -0.05) is 6.08 Å². The van der Waals surface area contributed by atoms with Crippen LogP contribution in [0.3, 0.4) is 0 Å². The van der Waals surface area contributed by atoms with Crippen LogP contribution in [0.2, 0.25) is 0 Å². The lowest BCUT2D eigenvalue weighted by Crippen LogP contribution is -2.33. The lowest BCUT2D eigenvalue weighted by Gasteiger charge is -2.15. The van der Waals surface area contributed by atoms with Gasteiger partial charge in [0.25, 0.3) is 0 Å². The maximum absolute atomic E-state index is 10.8. The molecule has 1 atom stereocenters. The zero-order valence-corrected chi connectivity index (χ0v) is 11.1. The maximum atomic E-state index is 10.8.